The van der Waals surface area contributed by atoms with Crippen molar-refractivity contribution in [1.29, 1.82) is 0 Å². The topological polar surface area (TPSA) is 183 Å². The summed E-state index contributed by atoms with van der Waals surface area (Å²) in [6, 6.07) is 14.7. The lowest BCUT2D eigenvalue weighted by Gasteiger charge is -2.21. The maximum Gasteiger partial charge on any atom is 0.274 e. The Morgan fingerprint density at radius 2 is 0.986 bits per heavy atom. The molecule has 18 heteroatoms. The van der Waals surface area contributed by atoms with Crippen molar-refractivity contribution in [3.05, 3.63) is 116 Å². The smallest absolute Gasteiger partial charge is 0.274 e. The number of aryl methyl sites for hydroxylation is 4. The van der Waals surface area contributed by atoms with Crippen LogP contribution in [0.15, 0.2) is 60.9 Å². The second kappa shape index (κ2) is 23.3. The van der Waals surface area contributed by atoms with Gasteiger partial charge in [0.05, 0.1) is 22.8 Å². The molecule has 0 spiro atoms. The maximum atomic E-state index is 13.6. The van der Waals surface area contributed by atoms with E-state index < -0.39 is 0 Å². The van der Waals surface area contributed by atoms with Gasteiger partial charge in [0.1, 0.15) is 11.4 Å². The molecule has 7 rings (SSSR count). The van der Waals surface area contributed by atoms with Crippen molar-refractivity contribution in [2.45, 2.75) is 78.3 Å². The maximum absolute atomic E-state index is 13.6. The molecule has 372 valence electrons. The molecule has 70 heavy (non-hydrogen) atoms. The number of aromatic nitrogens is 4. The molecule has 2 aromatic carbocycles. The summed E-state index contributed by atoms with van der Waals surface area (Å²) in [5, 5.41) is 20.0. The van der Waals surface area contributed by atoms with Gasteiger partial charge in [0.2, 0.25) is 0 Å². The zero-order valence-corrected chi connectivity index (χ0v) is 43.8. The monoisotopic (exact) mass is 988 g/mol. The summed E-state index contributed by atoms with van der Waals surface area (Å²) in [5.41, 5.74) is 8.79. The number of benzene rings is 2. The Morgan fingerprint density at radius 1 is 0.586 bits per heavy atom. The number of hydrogen-bond acceptors (Lipinski definition) is 12. The van der Waals surface area contributed by atoms with E-state index in [2.05, 4.69) is 97.6 Å². The van der Waals surface area contributed by atoms with Crippen LogP contribution in [0.4, 0.5) is 21.6 Å². The average molecular weight is 989 g/mol. The number of amides is 4. The van der Waals surface area contributed by atoms with Crippen LogP contribution in [0.5, 0.6) is 0 Å². The lowest BCUT2D eigenvalue weighted by molar-refractivity contribution is 0.101. The Morgan fingerprint density at radius 3 is 1.36 bits per heavy atom. The van der Waals surface area contributed by atoms with Crippen molar-refractivity contribution in [1.82, 2.24) is 39.5 Å². The highest BCUT2D eigenvalue weighted by Gasteiger charge is 2.24. The Labute approximate surface area is 419 Å². The Hall–Kier alpha value is -6.02. The van der Waals surface area contributed by atoms with E-state index in [4.69, 9.17) is 9.97 Å². The summed E-state index contributed by atoms with van der Waals surface area (Å²) in [4.78, 5) is 70.3. The third-order valence-electron chi connectivity index (χ3n) is 12.1. The van der Waals surface area contributed by atoms with E-state index in [0.717, 1.165) is 82.4 Å². The van der Waals surface area contributed by atoms with Gasteiger partial charge in [0.25, 0.3) is 23.6 Å². The van der Waals surface area contributed by atoms with Gasteiger partial charge in [0.15, 0.2) is 10.3 Å². The number of nitrogens with zero attached hydrogens (tertiary/aromatic N) is 6. The minimum Gasteiger partial charge on any atom is -0.344 e. The quantitative estimate of drug-likeness (QED) is 0.0362. The van der Waals surface area contributed by atoms with Crippen molar-refractivity contribution in [2.75, 3.05) is 75.6 Å². The van der Waals surface area contributed by atoms with Crippen molar-refractivity contribution >= 4 is 67.9 Å². The van der Waals surface area contributed by atoms with E-state index in [1.165, 1.54) is 22.7 Å². The first kappa shape index (κ1) is 51.8. The van der Waals surface area contributed by atoms with Crippen LogP contribution >= 0.6 is 22.7 Å². The van der Waals surface area contributed by atoms with Gasteiger partial charge in [-0.1, -0.05) is 39.8 Å². The van der Waals surface area contributed by atoms with E-state index in [1.54, 1.807) is 59.9 Å². The molecule has 0 unspecified atom stereocenters. The predicted octanol–water partition coefficient (Wildman–Crippen LogP) is 8.38. The normalized spacial score (nSPS) is 12.2. The molecule has 4 amide bonds. The number of thiazole rings is 2. The van der Waals surface area contributed by atoms with Crippen molar-refractivity contribution in [2.24, 2.45) is 14.1 Å². The molecule has 0 saturated heterocycles. The van der Waals surface area contributed by atoms with Crippen molar-refractivity contribution < 1.29 is 19.2 Å². The number of carbonyl (C=O) groups excluding carboxylic acids is 4. The second-order valence-corrected chi connectivity index (χ2v) is 21.2. The fraction of sp³-hybridized carbons (Fsp3) is 0.423. The van der Waals surface area contributed by atoms with Gasteiger partial charge in [-0.15, -0.1) is 22.7 Å². The van der Waals surface area contributed by atoms with Crippen LogP contribution in [0.25, 0.3) is 11.1 Å². The number of nitrogens with one attached hydrogen (secondary N) is 6. The Bertz CT molecular complexity index is 2640. The lowest BCUT2D eigenvalue weighted by atomic mass is 9.84. The Kier molecular flexibility index (Phi) is 17.2. The lowest BCUT2D eigenvalue weighted by Crippen LogP contribution is -2.21. The fourth-order valence-electron chi connectivity index (χ4n) is 8.57. The molecule has 6 N–H and O–H groups in total. The fourth-order valence-corrected chi connectivity index (χ4v) is 10.5. The summed E-state index contributed by atoms with van der Waals surface area (Å²) in [6.07, 6.45) is 6.90. The van der Waals surface area contributed by atoms with Crippen molar-refractivity contribution in [3.63, 3.8) is 0 Å². The van der Waals surface area contributed by atoms with Gasteiger partial charge in [-0.3, -0.25) is 29.8 Å². The summed E-state index contributed by atoms with van der Waals surface area (Å²) >= 11 is 2.98. The van der Waals surface area contributed by atoms with E-state index in [9.17, 15) is 19.2 Å². The van der Waals surface area contributed by atoms with E-state index in [0.29, 0.717) is 70.1 Å². The molecule has 0 radical (unpaired) electrons. The minimum atomic E-state index is -0.309. The van der Waals surface area contributed by atoms with Gasteiger partial charge in [-0.05, 0) is 151 Å². The van der Waals surface area contributed by atoms with Gasteiger partial charge in [0, 0.05) is 60.5 Å². The first-order valence-corrected chi connectivity index (χ1v) is 25.6. The standard InChI is InChI=1S/C52H68N12O4S2/c1-31(2)45-41(27-53-19-11-21-61(5)6)57-51(69-45)59-49(67)43-25-37(29-63(43)9)55-47(65)35-15-17-39-33(23-35)13-14-34-24-36(16-18-40(34)39)48(66)56-38-26-44(64(10)30-38)50(68)60-52-58-42(46(70-52)32(3)4)28-54-20-12-22-62(7)8/h15-18,23-26,29-32,53-54H,11-14,19-22,27-28H2,1-10H3,(H,55,65)(H,56,66)(H,57,59,67)(H,58,60,68). The predicted molar refractivity (Wildman–Crippen MR) is 284 cm³/mol. The molecule has 0 saturated carbocycles. The zero-order valence-electron chi connectivity index (χ0n) is 42.1. The Balaban J connectivity index is 0.939. The molecule has 4 heterocycles. The largest absolute Gasteiger partial charge is 0.344 e. The van der Waals surface area contributed by atoms with Crippen LogP contribution in [0.1, 0.15) is 126 Å². The zero-order chi connectivity index (χ0) is 50.2. The molecule has 0 aliphatic heterocycles. The summed E-state index contributed by atoms with van der Waals surface area (Å²) in [6.45, 7) is 13.6. The molecule has 0 atom stereocenters. The van der Waals surface area contributed by atoms with Crippen LogP contribution in [0, 0.1) is 0 Å². The van der Waals surface area contributed by atoms with Crippen LogP contribution in [0.2, 0.25) is 0 Å². The first-order valence-electron chi connectivity index (χ1n) is 24.0. The molecular weight excluding hydrogens is 921 g/mol. The number of carbonyl (C=O) groups is 4. The molecule has 0 fully saturated rings. The number of rotatable bonds is 22. The number of fused-ring (bicyclic) bond motifs is 3. The van der Waals surface area contributed by atoms with E-state index in [1.807, 2.05) is 24.3 Å². The summed E-state index contributed by atoms with van der Waals surface area (Å²) < 4.78 is 3.39. The van der Waals surface area contributed by atoms with E-state index >= 15 is 0 Å². The molecule has 6 aromatic rings. The summed E-state index contributed by atoms with van der Waals surface area (Å²) in [7, 11) is 11.8. The van der Waals surface area contributed by atoms with Crippen LogP contribution in [0.3, 0.4) is 0 Å². The van der Waals surface area contributed by atoms with Crippen LogP contribution < -0.4 is 31.9 Å². The molecule has 0 bridgehead atoms. The number of anilines is 4. The van der Waals surface area contributed by atoms with E-state index in [-0.39, 0.29) is 35.5 Å². The molecular formula is C52H68N12O4S2. The highest BCUT2D eigenvalue weighted by molar-refractivity contribution is 7.16. The molecule has 16 nitrogen and oxygen atoms in total. The first-order chi connectivity index (χ1) is 33.4. The summed E-state index contributed by atoms with van der Waals surface area (Å²) in [5.74, 6) is -0.647. The van der Waals surface area contributed by atoms with Crippen LogP contribution in [-0.2, 0) is 40.0 Å². The van der Waals surface area contributed by atoms with Crippen LogP contribution in [-0.4, -0.2) is 107 Å². The highest BCUT2D eigenvalue weighted by Crippen LogP contribution is 2.36. The van der Waals surface area contributed by atoms with Gasteiger partial charge in [-0.2, -0.15) is 0 Å². The minimum absolute atomic E-state index is 0.266. The highest BCUT2D eigenvalue weighted by atomic mass is 32.1. The second-order valence-electron chi connectivity index (χ2n) is 19.1. The molecule has 1 aliphatic carbocycles. The molecule has 1 aliphatic rings. The number of hydrogen-bond donors (Lipinski definition) is 6. The van der Waals surface area contributed by atoms with Gasteiger partial charge < -0.3 is 40.2 Å². The third-order valence-corrected chi connectivity index (χ3v) is 14.8. The molecule has 4 aromatic heterocycles. The van der Waals surface area contributed by atoms with Crippen molar-refractivity contribution in [3.8, 4) is 11.1 Å². The SMILES string of the molecule is CC(C)c1sc(NC(=O)c2cc(NC(=O)c3ccc4c(c3)CCc3cc(C(=O)Nc5cc(C(=O)Nc6nc(CNCCCN(C)C)c(C(C)C)s6)n(C)c5)ccc3-4)cn2C)nc1CNCCCN(C)C. The van der Waals surface area contributed by atoms with Gasteiger partial charge in [-0.25, -0.2) is 9.97 Å². The average Bonchev–Trinajstić information content (AvgIpc) is 4.10. The van der Waals surface area contributed by atoms with Gasteiger partial charge >= 0.3 is 0 Å². The third kappa shape index (κ3) is 13.0.